The van der Waals surface area contributed by atoms with Crippen molar-refractivity contribution in [3.63, 3.8) is 0 Å². The summed E-state index contributed by atoms with van der Waals surface area (Å²) < 4.78 is 0. The highest BCUT2D eigenvalue weighted by Crippen LogP contribution is 2.05. The first-order chi connectivity index (χ1) is 5.24. The van der Waals surface area contributed by atoms with Crippen molar-refractivity contribution in [1.82, 2.24) is 4.98 Å². The molecule has 0 fully saturated rings. The van der Waals surface area contributed by atoms with E-state index in [0.29, 0.717) is 5.56 Å². The zero-order valence-corrected chi connectivity index (χ0v) is 6.28. The molecule has 0 aliphatic rings. The predicted octanol–water partition coefficient (Wildman–Crippen LogP) is 0.973. The maximum Gasteiger partial charge on any atom is 0.101 e. The molecule has 1 atom stereocenters. The fourth-order valence-corrected chi connectivity index (χ4v) is 0.741. The lowest BCUT2D eigenvalue weighted by molar-refractivity contribution is 0.780. The van der Waals surface area contributed by atoms with Crippen LogP contribution in [-0.2, 0) is 0 Å². The Morgan fingerprint density at radius 1 is 1.64 bits per heavy atom. The summed E-state index contributed by atoms with van der Waals surface area (Å²) >= 11 is 0. The molecule has 2 N–H and O–H groups in total. The second-order valence-electron chi connectivity index (χ2n) is 2.37. The van der Waals surface area contributed by atoms with Crippen LogP contribution in [0.15, 0.2) is 18.3 Å². The minimum atomic E-state index is -0.0669. The van der Waals surface area contributed by atoms with Gasteiger partial charge in [0.2, 0.25) is 0 Å². The fraction of sp³-hybridized carbons (Fsp3) is 0.250. The smallest absolute Gasteiger partial charge is 0.101 e. The number of hydrogen-bond acceptors (Lipinski definition) is 3. The van der Waals surface area contributed by atoms with Gasteiger partial charge in [0, 0.05) is 12.2 Å². The molecule has 0 aliphatic heterocycles. The van der Waals surface area contributed by atoms with Crippen LogP contribution < -0.4 is 5.73 Å². The molecule has 1 rings (SSSR count). The van der Waals surface area contributed by atoms with Crippen LogP contribution in [0.3, 0.4) is 0 Å². The number of pyridine rings is 1. The van der Waals surface area contributed by atoms with Gasteiger partial charge in [-0.15, -0.1) is 0 Å². The number of hydrogen-bond donors (Lipinski definition) is 1. The Morgan fingerprint density at radius 3 is 2.73 bits per heavy atom. The number of nitriles is 1. The van der Waals surface area contributed by atoms with Crippen molar-refractivity contribution in [2.24, 2.45) is 5.73 Å². The minimum absolute atomic E-state index is 0.0669. The molecular formula is C8H9N3. The Balaban J connectivity index is 2.94. The van der Waals surface area contributed by atoms with Crippen LogP contribution in [0, 0.1) is 11.3 Å². The Hall–Kier alpha value is -1.40. The largest absolute Gasteiger partial charge is 0.323 e. The van der Waals surface area contributed by atoms with E-state index >= 15 is 0 Å². The van der Waals surface area contributed by atoms with Crippen LogP contribution in [0.25, 0.3) is 0 Å². The van der Waals surface area contributed by atoms with Crippen LogP contribution in [0.2, 0.25) is 0 Å². The van der Waals surface area contributed by atoms with Crippen molar-refractivity contribution >= 4 is 0 Å². The van der Waals surface area contributed by atoms with Gasteiger partial charge in [-0.25, -0.2) is 0 Å². The van der Waals surface area contributed by atoms with E-state index < -0.39 is 0 Å². The monoisotopic (exact) mass is 147 g/mol. The van der Waals surface area contributed by atoms with Gasteiger partial charge >= 0.3 is 0 Å². The van der Waals surface area contributed by atoms with E-state index in [9.17, 15) is 0 Å². The van der Waals surface area contributed by atoms with E-state index in [4.69, 9.17) is 11.0 Å². The quantitative estimate of drug-likeness (QED) is 0.643. The molecule has 0 spiro atoms. The molecule has 0 amide bonds. The molecule has 0 aromatic carbocycles. The lowest BCUT2D eigenvalue weighted by atomic mass is 10.2. The zero-order valence-electron chi connectivity index (χ0n) is 6.28. The lowest BCUT2D eigenvalue weighted by Gasteiger charge is -2.01. The topological polar surface area (TPSA) is 62.7 Å². The van der Waals surface area contributed by atoms with E-state index in [0.717, 1.165) is 5.69 Å². The third-order valence-electron chi connectivity index (χ3n) is 1.38. The summed E-state index contributed by atoms with van der Waals surface area (Å²) in [5, 5.41) is 8.45. The molecule has 1 aromatic heterocycles. The van der Waals surface area contributed by atoms with Gasteiger partial charge in [-0.05, 0) is 19.1 Å². The Morgan fingerprint density at radius 2 is 2.36 bits per heavy atom. The van der Waals surface area contributed by atoms with Gasteiger partial charge in [-0.2, -0.15) is 5.26 Å². The first kappa shape index (κ1) is 7.70. The van der Waals surface area contributed by atoms with E-state index in [1.54, 1.807) is 12.1 Å². The van der Waals surface area contributed by atoms with Crippen molar-refractivity contribution in [1.29, 1.82) is 5.26 Å². The first-order valence-corrected chi connectivity index (χ1v) is 3.35. The maximum atomic E-state index is 8.45. The molecule has 0 unspecified atom stereocenters. The molecule has 3 heteroatoms. The summed E-state index contributed by atoms with van der Waals surface area (Å²) in [5.41, 5.74) is 6.93. The number of nitrogens with two attached hydrogens (primary N) is 1. The molecule has 0 saturated carbocycles. The number of rotatable bonds is 1. The molecule has 0 saturated heterocycles. The lowest BCUT2D eigenvalue weighted by Crippen LogP contribution is -2.06. The van der Waals surface area contributed by atoms with Crippen LogP contribution in [-0.4, -0.2) is 4.98 Å². The Labute approximate surface area is 65.5 Å². The van der Waals surface area contributed by atoms with Crippen molar-refractivity contribution < 1.29 is 0 Å². The SMILES string of the molecule is C[C@@H](N)c1ccc(C#N)cn1. The molecule has 0 radical (unpaired) electrons. The van der Waals surface area contributed by atoms with Gasteiger partial charge in [-0.1, -0.05) is 0 Å². The highest BCUT2D eigenvalue weighted by atomic mass is 14.8. The summed E-state index contributed by atoms with van der Waals surface area (Å²) in [6.07, 6.45) is 1.53. The third kappa shape index (κ3) is 1.76. The first-order valence-electron chi connectivity index (χ1n) is 3.35. The standard InChI is InChI=1S/C8H9N3/c1-6(10)8-3-2-7(4-9)5-11-8/h2-3,5-6H,10H2,1H3/t6-/m1/s1. The second-order valence-corrected chi connectivity index (χ2v) is 2.37. The molecule has 3 nitrogen and oxygen atoms in total. The maximum absolute atomic E-state index is 8.45. The van der Waals surface area contributed by atoms with Gasteiger partial charge in [-0.3, -0.25) is 4.98 Å². The summed E-state index contributed by atoms with van der Waals surface area (Å²) in [4.78, 5) is 4.00. The molecular weight excluding hydrogens is 138 g/mol. The molecule has 1 aromatic rings. The highest BCUT2D eigenvalue weighted by Gasteiger charge is 1.98. The summed E-state index contributed by atoms with van der Waals surface area (Å²) in [6, 6.07) is 5.40. The molecule has 1 heterocycles. The van der Waals surface area contributed by atoms with Crippen LogP contribution in [0.5, 0.6) is 0 Å². The van der Waals surface area contributed by atoms with Crippen LogP contribution >= 0.6 is 0 Å². The van der Waals surface area contributed by atoms with Gasteiger partial charge in [0.15, 0.2) is 0 Å². The van der Waals surface area contributed by atoms with Gasteiger partial charge in [0.05, 0.1) is 11.3 Å². The fourth-order valence-electron chi connectivity index (χ4n) is 0.741. The average molecular weight is 147 g/mol. The van der Waals surface area contributed by atoms with Gasteiger partial charge in [0.25, 0.3) is 0 Å². The van der Waals surface area contributed by atoms with Gasteiger partial charge < -0.3 is 5.73 Å². The van der Waals surface area contributed by atoms with E-state index in [1.165, 1.54) is 6.20 Å². The molecule has 56 valence electrons. The predicted molar refractivity (Wildman–Crippen MR) is 41.6 cm³/mol. The average Bonchev–Trinajstić information content (AvgIpc) is 2.05. The Bertz CT molecular complexity index is 268. The third-order valence-corrected chi connectivity index (χ3v) is 1.38. The minimum Gasteiger partial charge on any atom is -0.323 e. The molecule has 0 bridgehead atoms. The zero-order chi connectivity index (χ0) is 8.27. The highest BCUT2D eigenvalue weighted by molar-refractivity contribution is 5.26. The molecule has 0 aliphatic carbocycles. The van der Waals surface area contributed by atoms with Gasteiger partial charge in [0.1, 0.15) is 6.07 Å². The summed E-state index contributed by atoms with van der Waals surface area (Å²) in [5.74, 6) is 0. The van der Waals surface area contributed by atoms with Crippen LogP contribution in [0.1, 0.15) is 24.2 Å². The number of aromatic nitrogens is 1. The number of nitrogens with zero attached hydrogens (tertiary/aromatic N) is 2. The van der Waals surface area contributed by atoms with E-state index in [1.807, 2.05) is 13.0 Å². The van der Waals surface area contributed by atoms with Crippen molar-refractivity contribution in [3.8, 4) is 6.07 Å². The van der Waals surface area contributed by atoms with Crippen molar-refractivity contribution in [2.75, 3.05) is 0 Å². The van der Waals surface area contributed by atoms with Crippen LogP contribution in [0.4, 0.5) is 0 Å². The van der Waals surface area contributed by atoms with Crippen molar-refractivity contribution in [3.05, 3.63) is 29.6 Å². The normalized spacial score (nSPS) is 12.1. The van der Waals surface area contributed by atoms with E-state index in [2.05, 4.69) is 4.98 Å². The summed E-state index contributed by atoms with van der Waals surface area (Å²) in [7, 11) is 0. The van der Waals surface area contributed by atoms with Crippen molar-refractivity contribution in [2.45, 2.75) is 13.0 Å². The van der Waals surface area contributed by atoms with E-state index in [-0.39, 0.29) is 6.04 Å². The molecule has 11 heavy (non-hydrogen) atoms. The second kappa shape index (κ2) is 3.13. The summed E-state index contributed by atoms with van der Waals surface area (Å²) in [6.45, 7) is 1.86. The Kier molecular flexibility index (Phi) is 2.19.